The minimum atomic E-state index is 0.355. The van der Waals surface area contributed by atoms with E-state index in [-0.39, 0.29) is 0 Å². The summed E-state index contributed by atoms with van der Waals surface area (Å²) in [6.45, 7) is 3.01. The summed E-state index contributed by atoms with van der Waals surface area (Å²) in [7, 11) is 0. The summed E-state index contributed by atoms with van der Waals surface area (Å²) in [5.41, 5.74) is 2.81. The molecule has 0 fully saturated rings. The van der Waals surface area contributed by atoms with Crippen molar-refractivity contribution < 1.29 is 0 Å². The van der Waals surface area contributed by atoms with Gasteiger partial charge in [0.2, 0.25) is 0 Å². The molecular formula is C14H16N2S. The molecule has 3 heteroatoms. The lowest BCUT2D eigenvalue weighted by Crippen LogP contribution is -2.34. The lowest BCUT2D eigenvalue weighted by atomic mass is 9.98. The van der Waals surface area contributed by atoms with Crippen molar-refractivity contribution in [3.8, 4) is 0 Å². The first-order valence-electron chi connectivity index (χ1n) is 6.00. The molecule has 1 aromatic heterocycles. The minimum absolute atomic E-state index is 0.355. The van der Waals surface area contributed by atoms with Gasteiger partial charge in [-0.1, -0.05) is 30.3 Å². The van der Waals surface area contributed by atoms with Crippen molar-refractivity contribution in [2.45, 2.75) is 12.6 Å². The van der Waals surface area contributed by atoms with Crippen LogP contribution < -0.4 is 10.6 Å². The average Bonchev–Trinajstić information content (AvgIpc) is 2.84. The molecule has 0 bridgehead atoms. The van der Waals surface area contributed by atoms with Gasteiger partial charge in [0.05, 0.1) is 6.04 Å². The third-order valence-electron chi connectivity index (χ3n) is 3.16. The highest BCUT2D eigenvalue weighted by molar-refractivity contribution is 7.10. The van der Waals surface area contributed by atoms with Crippen LogP contribution in [0, 0.1) is 0 Å². The highest BCUT2D eigenvalue weighted by Crippen LogP contribution is 2.28. The average molecular weight is 244 g/mol. The fourth-order valence-corrected chi connectivity index (χ4v) is 3.14. The van der Waals surface area contributed by atoms with Crippen LogP contribution in [0.15, 0.2) is 41.8 Å². The van der Waals surface area contributed by atoms with Crippen molar-refractivity contribution in [2.75, 3.05) is 13.1 Å². The molecule has 1 aromatic carbocycles. The van der Waals surface area contributed by atoms with Crippen LogP contribution in [-0.2, 0) is 6.54 Å². The Hall–Kier alpha value is -1.16. The maximum Gasteiger partial charge on any atom is 0.0674 e. The third-order valence-corrected chi connectivity index (χ3v) is 4.10. The molecule has 0 spiro atoms. The smallest absolute Gasteiger partial charge is 0.0674 e. The Labute approximate surface area is 106 Å². The van der Waals surface area contributed by atoms with E-state index in [1.54, 1.807) is 0 Å². The van der Waals surface area contributed by atoms with Gasteiger partial charge in [-0.3, -0.25) is 0 Å². The van der Waals surface area contributed by atoms with Crippen LogP contribution in [0.3, 0.4) is 0 Å². The molecule has 3 rings (SSSR count). The summed E-state index contributed by atoms with van der Waals surface area (Å²) in [5.74, 6) is 0. The summed E-state index contributed by atoms with van der Waals surface area (Å²) in [5, 5.41) is 9.23. The third kappa shape index (κ3) is 2.27. The van der Waals surface area contributed by atoms with E-state index in [9.17, 15) is 0 Å². The van der Waals surface area contributed by atoms with Gasteiger partial charge in [0.15, 0.2) is 0 Å². The van der Waals surface area contributed by atoms with E-state index in [4.69, 9.17) is 0 Å². The molecule has 17 heavy (non-hydrogen) atoms. The van der Waals surface area contributed by atoms with E-state index in [0.717, 1.165) is 19.6 Å². The minimum Gasteiger partial charge on any atom is -0.311 e. The van der Waals surface area contributed by atoms with Gasteiger partial charge in [-0.25, -0.2) is 0 Å². The Morgan fingerprint density at radius 1 is 1.06 bits per heavy atom. The van der Waals surface area contributed by atoms with E-state index in [1.807, 2.05) is 11.3 Å². The van der Waals surface area contributed by atoms with Gasteiger partial charge in [-0.05, 0) is 22.6 Å². The zero-order valence-electron chi connectivity index (χ0n) is 9.65. The lowest BCUT2D eigenvalue weighted by Gasteiger charge is -2.24. The molecule has 0 amide bonds. The Bertz CT molecular complexity index is 479. The lowest BCUT2D eigenvalue weighted by molar-refractivity contribution is 0.543. The van der Waals surface area contributed by atoms with Crippen LogP contribution in [0.5, 0.6) is 0 Å². The van der Waals surface area contributed by atoms with E-state index < -0.39 is 0 Å². The molecule has 0 aliphatic carbocycles. The SMILES string of the molecule is c1csc(C2NCCNCc3ccccc32)c1. The molecule has 1 atom stereocenters. The van der Waals surface area contributed by atoms with Crippen molar-refractivity contribution in [1.82, 2.24) is 10.6 Å². The Kier molecular flexibility index (Phi) is 3.22. The maximum atomic E-state index is 3.63. The quantitative estimate of drug-likeness (QED) is 0.805. The van der Waals surface area contributed by atoms with Gasteiger partial charge in [0.1, 0.15) is 0 Å². The number of fused-ring (bicyclic) bond motifs is 1. The van der Waals surface area contributed by atoms with Gasteiger partial charge in [-0.2, -0.15) is 0 Å². The molecule has 1 aliphatic heterocycles. The monoisotopic (exact) mass is 244 g/mol. The first-order chi connectivity index (χ1) is 8.45. The van der Waals surface area contributed by atoms with Gasteiger partial charge in [0.25, 0.3) is 0 Å². The van der Waals surface area contributed by atoms with Gasteiger partial charge >= 0.3 is 0 Å². The van der Waals surface area contributed by atoms with Crippen LogP contribution in [0.2, 0.25) is 0 Å². The van der Waals surface area contributed by atoms with Crippen molar-refractivity contribution in [1.29, 1.82) is 0 Å². The molecule has 0 radical (unpaired) electrons. The molecule has 2 heterocycles. The zero-order valence-corrected chi connectivity index (χ0v) is 10.5. The Balaban J connectivity index is 2.03. The van der Waals surface area contributed by atoms with Crippen LogP contribution in [0.1, 0.15) is 22.0 Å². The normalized spacial score (nSPS) is 20.4. The second-order valence-corrected chi connectivity index (χ2v) is 5.26. The number of thiophene rings is 1. The predicted octanol–water partition coefficient (Wildman–Crippen LogP) is 2.53. The van der Waals surface area contributed by atoms with Gasteiger partial charge in [0, 0.05) is 24.5 Å². The number of benzene rings is 1. The molecular weight excluding hydrogens is 228 g/mol. The first-order valence-corrected chi connectivity index (χ1v) is 6.88. The van der Waals surface area contributed by atoms with E-state index in [1.165, 1.54) is 16.0 Å². The van der Waals surface area contributed by atoms with Crippen molar-refractivity contribution in [3.63, 3.8) is 0 Å². The van der Waals surface area contributed by atoms with Crippen LogP contribution in [0.25, 0.3) is 0 Å². The van der Waals surface area contributed by atoms with Crippen molar-refractivity contribution in [3.05, 3.63) is 57.8 Å². The predicted molar refractivity (Wildman–Crippen MR) is 72.3 cm³/mol. The summed E-state index contributed by atoms with van der Waals surface area (Å²) >= 11 is 1.83. The molecule has 0 saturated carbocycles. The fraction of sp³-hybridized carbons (Fsp3) is 0.286. The highest BCUT2D eigenvalue weighted by Gasteiger charge is 2.18. The van der Waals surface area contributed by atoms with Crippen LogP contribution in [-0.4, -0.2) is 13.1 Å². The second kappa shape index (κ2) is 5.00. The van der Waals surface area contributed by atoms with E-state index >= 15 is 0 Å². The number of hydrogen-bond donors (Lipinski definition) is 2. The molecule has 1 aliphatic rings. The highest BCUT2D eigenvalue weighted by atomic mass is 32.1. The molecule has 1 unspecified atom stereocenters. The van der Waals surface area contributed by atoms with Gasteiger partial charge < -0.3 is 10.6 Å². The van der Waals surface area contributed by atoms with Crippen LogP contribution in [0.4, 0.5) is 0 Å². The number of hydrogen-bond acceptors (Lipinski definition) is 3. The molecule has 2 aromatic rings. The molecule has 0 saturated heterocycles. The number of rotatable bonds is 1. The van der Waals surface area contributed by atoms with Crippen molar-refractivity contribution in [2.24, 2.45) is 0 Å². The zero-order chi connectivity index (χ0) is 11.5. The number of nitrogens with one attached hydrogen (secondary N) is 2. The fourth-order valence-electron chi connectivity index (χ4n) is 2.32. The summed E-state index contributed by atoms with van der Waals surface area (Å²) < 4.78 is 0. The topological polar surface area (TPSA) is 24.1 Å². The summed E-state index contributed by atoms with van der Waals surface area (Å²) in [6.07, 6.45) is 0. The second-order valence-electron chi connectivity index (χ2n) is 4.28. The first kappa shape index (κ1) is 11.0. The van der Waals surface area contributed by atoms with Gasteiger partial charge in [-0.15, -0.1) is 11.3 Å². The van der Waals surface area contributed by atoms with E-state index in [2.05, 4.69) is 52.4 Å². The standard InChI is InChI=1S/C14H16N2S/c1-2-5-12-11(4-1)10-15-7-8-16-14(12)13-6-3-9-17-13/h1-6,9,14-16H,7-8,10H2. The molecule has 2 nitrogen and oxygen atoms in total. The summed E-state index contributed by atoms with van der Waals surface area (Å²) in [6, 6.07) is 13.4. The van der Waals surface area contributed by atoms with E-state index in [0.29, 0.717) is 6.04 Å². The van der Waals surface area contributed by atoms with Crippen LogP contribution >= 0.6 is 11.3 Å². The largest absolute Gasteiger partial charge is 0.311 e. The maximum absolute atomic E-state index is 3.63. The Morgan fingerprint density at radius 3 is 2.88 bits per heavy atom. The van der Waals surface area contributed by atoms with Crippen molar-refractivity contribution >= 4 is 11.3 Å². The summed E-state index contributed by atoms with van der Waals surface area (Å²) in [4.78, 5) is 1.40. The molecule has 88 valence electrons. The Morgan fingerprint density at radius 2 is 2.00 bits per heavy atom. The molecule has 2 N–H and O–H groups in total.